The molecule has 2 heterocycles. The maximum Gasteiger partial charge on any atom is 0.293 e. The maximum absolute atomic E-state index is 12.5. The highest BCUT2D eigenvalue weighted by molar-refractivity contribution is 6.35. The molecular weight excluding hydrogens is 463 g/mol. The molecule has 0 aliphatic heterocycles. The number of hydrogen-bond acceptors (Lipinski definition) is 5. The van der Waals surface area contributed by atoms with Crippen LogP contribution in [-0.2, 0) is 19.6 Å². The minimum absolute atomic E-state index is 0.136. The Hall–Kier alpha value is -3.29. The van der Waals surface area contributed by atoms with Crippen molar-refractivity contribution in [2.75, 3.05) is 5.32 Å². The minimum atomic E-state index is -0.460. The van der Waals surface area contributed by atoms with Gasteiger partial charge in [-0.1, -0.05) is 54.7 Å². The molecule has 4 aromatic rings. The predicted molar refractivity (Wildman–Crippen MR) is 127 cm³/mol. The first-order chi connectivity index (χ1) is 16.0. The number of amides is 1. The van der Waals surface area contributed by atoms with E-state index in [2.05, 4.69) is 22.3 Å². The summed E-state index contributed by atoms with van der Waals surface area (Å²) in [6.07, 6.45) is 3.63. The molecule has 0 bridgehead atoms. The molecule has 0 radical (unpaired) electrons. The Labute approximate surface area is 201 Å². The number of nitrogens with one attached hydrogen (secondary N) is 1. The molecule has 0 fully saturated rings. The minimum Gasteiger partial charge on any atom is -0.486 e. The number of nitrogens with zero attached hydrogens (tertiary/aromatic N) is 3. The summed E-state index contributed by atoms with van der Waals surface area (Å²) in [4.78, 5) is 16.6. The molecular formula is C24H22Cl2N4O3. The molecule has 170 valence electrons. The standard InChI is InChI=1S/C24H22Cl2N4O3/c1-2-4-16-7-9-17(10-8-16)32-14-18-11-12-22(33-18)23(31)28-24-27-15-30(29-24)13-19-20(25)5-3-6-21(19)26/h3,5-12,15H,2,4,13-14H2,1H3,(H,28,29,31). The number of carbonyl (C=O) groups excluding carboxylic acids is 1. The van der Waals surface area contributed by atoms with Crippen molar-refractivity contribution >= 4 is 35.1 Å². The molecule has 0 saturated carbocycles. The Morgan fingerprint density at radius 2 is 1.85 bits per heavy atom. The lowest BCUT2D eigenvalue weighted by molar-refractivity contribution is 0.0991. The number of aromatic nitrogens is 3. The van der Waals surface area contributed by atoms with Gasteiger partial charge in [-0.3, -0.25) is 10.1 Å². The Kier molecular flexibility index (Phi) is 7.32. The van der Waals surface area contributed by atoms with Gasteiger partial charge < -0.3 is 9.15 Å². The van der Waals surface area contributed by atoms with E-state index in [4.69, 9.17) is 32.4 Å². The van der Waals surface area contributed by atoms with Gasteiger partial charge in [-0.05, 0) is 48.4 Å². The van der Waals surface area contributed by atoms with Crippen LogP contribution in [0.3, 0.4) is 0 Å². The summed E-state index contributed by atoms with van der Waals surface area (Å²) < 4.78 is 12.9. The topological polar surface area (TPSA) is 82.2 Å². The molecule has 33 heavy (non-hydrogen) atoms. The Morgan fingerprint density at radius 1 is 1.09 bits per heavy atom. The molecule has 0 saturated heterocycles. The summed E-state index contributed by atoms with van der Waals surface area (Å²) in [5.41, 5.74) is 1.99. The summed E-state index contributed by atoms with van der Waals surface area (Å²) in [5.74, 6) is 1.09. The van der Waals surface area contributed by atoms with Crippen LogP contribution in [0.4, 0.5) is 5.95 Å². The van der Waals surface area contributed by atoms with Gasteiger partial charge in [0, 0.05) is 15.6 Å². The molecule has 9 heteroatoms. The molecule has 0 aliphatic carbocycles. The highest BCUT2D eigenvalue weighted by Crippen LogP contribution is 2.25. The lowest BCUT2D eigenvalue weighted by atomic mass is 10.1. The Bertz CT molecular complexity index is 1210. The van der Waals surface area contributed by atoms with E-state index >= 15 is 0 Å². The number of furan rings is 1. The van der Waals surface area contributed by atoms with E-state index in [0.29, 0.717) is 22.4 Å². The molecule has 2 aromatic heterocycles. The number of hydrogen-bond donors (Lipinski definition) is 1. The number of benzene rings is 2. The first-order valence-corrected chi connectivity index (χ1v) is 11.2. The number of rotatable bonds is 9. The van der Waals surface area contributed by atoms with Crippen LogP contribution in [0.1, 0.15) is 40.8 Å². The second-order valence-electron chi connectivity index (χ2n) is 7.37. The van der Waals surface area contributed by atoms with Crippen molar-refractivity contribution in [1.29, 1.82) is 0 Å². The van der Waals surface area contributed by atoms with Crippen LogP contribution in [0.2, 0.25) is 10.0 Å². The van der Waals surface area contributed by atoms with E-state index < -0.39 is 5.91 Å². The van der Waals surface area contributed by atoms with E-state index in [1.807, 2.05) is 24.3 Å². The van der Waals surface area contributed by atoms with Crippen molar-refractivity contribution in [1.82, 2.24) is 14.8 Å². The van der Waals surface area contributed by atoms with Crippen LogP contribution < -0.4 is 10.1 Å². The SMILES string of the molecule is CCCc1ccc(OCc2ccc(C(=O)Nc3ncn(Cc4c(Cl)cccc4Cl)n3)o2)cc1. The molecule has 0 atom stereocenters. The highest BCUT2D eigenvalue weighted by Gasteiger charge is 2.15. The van der Waals surface area contributed by atoms with Gasteiger partial charge in [0.2, 0.25) is 5.95 Å². The average Bonchev–Trinajstić information content (AvgIpc) is 3.46. The molecule has 0 unspecified atom stereocenters. The van der Waals surface area contributed by atoms with Crippen molar-refractivity contribution in [2.45, 2.75) is 32.9 Å². The smallest absolute Gasteiger partial charge is 0.293 e. The van der Waals surface area contributed by atoms with Crippen LogP contribution in [0.25, 0.3) is 0 Å². The van der Waals surface area contributed by atoms with E-state index in [1.54, 1.807) is 30.3 Å². The highest BCUT2D eigenvalue weighted by atomic mass is 35.5. The predicted octanol–water partition coefficient (Wildman–Crippen LogP) is 6.01. The van der Waals surface area contributed by atoms with Gasteiger partial charge >= 0.3 is 0 Å². The van der Waals surface area contributed by atoms with Crippen LogP contribution in [-0.4, -0.2) is 20.7 Å². The van der Waals surface area contributed by atoms with Crippen molar-refractivity contribution in [3.63, 3.8) is 0 Å². The summed E-state index contributed by atoms with van der Waals surface area (Å²) in [7, 11) is 0. The van der Waals surface area contributed by atoms with E-state index in [-0.39, 0.29) is 18.3 Å². The molecule has 4 rings (SSSR count). The third-order valence-electron chi connectivity index (χ3n) is 4.87. The summed E-state index contributed by atoms with van der Waals surface area (Å²) >= 11 is 12.4. The van der Waals surface area contributed by atoms with Gasteiger partial charge in [0.15, 0.2) is 5.76 Å². The van der Waals surface area contributed by atoms with Crippen molar-refractivity contribution in [3.05, 3.63) is 93.6 Å². The first-order valence-electron chi connectivity index (χ1n) is 10.5. The molecule has 2 aromatic carbocycles. The fraction of sp³-hybridized carbons (Fsp3) is 0.208. The van der Waals surface area contributed by atoms with Gasteiger partial charge in [0.05, 0.1) is 6.54 Å². The van der Waals surface area contributed by atoms with Crippen LogP contribution >= 0.6 is 23.2 Å². The Morgan fingerprint density at radius 3 is 2.58 bits per heavy atom. The molecule has 0 aliphatic rings. The quantitative estimate of drug-likeness (QED) is 0.314. The summed E-state index contributed by atoms with van der Waals surface area (Å²) in [6, 6.07) is 16.5. The fourth-order valence-corrected chi connectivity index (χ4v) is 3.73. The van der Waals surface area contributed by atoms with Crippen molar-refractivity contribution in [3.8, 4) is 5.75 Å². The third-order valence-corrected chi connectivity index (χ3v) is 5.58. The van der Waals surface area contributed by atoms with Gasteiger partial charge in [-0.25, -0.2) is 9.67 Å². The molecule has 7 nitrogen and oxygen atoms in total. The first kappa shape index (κ1) is 22.9. The molecule has 1 amide bonds. The number of carbonyl (C=O) groups is 1. The van der Waals surface area contributed by atoms with Crippen molar-refractivity contribution in [2.24, 2.45) is 0 Å². The van der Waals surface area contributed by atoms with Crippen LogP contribution in [0.5, 0.6) is 5.75 Å². The summed E-state index contributed by atoms with van der Waals surface area (Å²) in [5, 5.41) is 7.93. The number of anilines is 1. The monoisotopic (exact) mass is 484 g/mol. The number of halogens is 2. The lowest BCUT2D eigenvalue weighted by Crippen LogP contribution is -2.12. The number of ether oxygens (including phenoxy) is 1. The average molecular weight is 485 g/mol. The van der Waals surface area contributed by atoms with E-state index in [9.17, 15) is 4.79 Å². The summed E-state index contributed by atoms with van der Waals surface area (Å²) in [6.45, 7) is 2.68. The maximum atomic E-state index is 12.5. The van der Waals surface area contributed by atoms with Gasteiger partial charge in [-0.2, -0.15) is 0 Å². The van der Waals surface area contributed by atoms with Gasteiger partial charge in [0.1, 0.15) is 24.4 Å². The fourth-order valence-electron chi connectivity index (χ4n) is 3.21. The van der Waals surface area contributed by atoms with Crippen molar-refractivity contribution < 1.29 is 13.9 Å². The van der Waals surface area contributed by atoms with Gasteiger partial charge in [-0.15, -0.1) is 5.10 Å². The Balaban J connectivity index is 1.32. The zero-order chi connectivity index (χ0) is 23.2. The van der Waals surface area contributed by atoms with E-state index in [1.165, 1.54) is 16.6 Å². The van der Waals surface area contributed by atoms with Crippen LogP contribution in [0.15, 0.2) is 65.3 Å². The number of aryl methyl sites for hydroxylation is 1. The molecule has 1 N–H and O–H groups in total. The largest absolute Gasteiger partial charge is 0.486 e. The zero-order valence-electron chi connectivity index (χ0n) is 17.9. The third kappa shape index (κ3) is 5.94. The lowest BCUT2D eigenvalue weighted by Gasteiger charge is -2.06. The zero-order valence-corrected chi connectivity index (χ0v) is 19.4. The second kappa shape index (κ2) is 10.6. The second-order valence-corrected chi connectivity index (χ2v) is 8.18. The van der Waals surface area contributed by atoms with E-state index in [0.717, 1.165) is 24.2 Å². The van der Waals surface area contributed by atoms with Gasteiger partial charge in [0.25, 0.3) is 5.91 Å². The normalized spacial score (nSPS) is 10.9. The van der Waals surface area contributed by atoms with Crippen LogP contribution in [0, 0.1) is 0 Å². The molecule has 0 spiro atoms.